The molecule has 1 rings (SSSR count). The maximum Gasteiger partial charge on any atom is 0.186 e. The van der Waals surface area contributed by atoms with Crippen molar-refractivity contribution in [3.63, 3.8) is 0 Å². The fourth-order valence-electron chi connectivity index (χ4n) is 2.03. The van der Waals surface area contributed by atoms with Gasteiger partial charge in [0.25, 0.3) is 0 Å². The summed E-state index contributed by atoms with van der Waals surface area (Å²) in [5.41, 5.74) is 4.07. The molecule has 1 aliphatic carbocycles. The van der Waals surface area contributed by atoms with Crippen LogP contribution >= 0.6 is 0 Å². The Balaban J connectivity index is 3.45. The molecule has 0 saturated heterocycles. The Kier molecular flexibility index (Phi) is 3.76. The molecular formula is C17H26O. The van der Waals surface area contributed by atoms with Crippen LogP contribution in [0.25, 0.3) is 0 Å². The van der Waals surface area contributed by atoms with Gasteiger partial charge in [-0.25, -0.2) is 0 Å². The zero-order valence-electron chi connectivity index (χ0n) is 13.1. The van der Waals surface area contributed by atoms with Gasteiger partial charge in [-0.3, -0.25) is 4.79 Å². The molecule has 0 N–H and O–H groups in total. The number of Topliss-reactive ketones (excluding diaryl/α,β-unsaturated/α-hetero) is 1. The molecular weight excluding hydrogens is 220 g/mol. The Morgan fingerprint density at radius 3 is 1.39 bits per heavy atom. The van der Waals surface area contributed by atoms with Gasteiger partial charge in [-0.2, -0.15) is 0 Å². The van der Waals surface area contributed by atoms with Crippen LogP contribution in [0.2, 0.25) is 0 Å². The molecule has 0 spiro atoms. The molecule has 0 amide bonds. The molecule has 0 atom stereocenters. The minimum Gasteiger partial charge on any atom is -0.289 e. The summed E-state index contributed by atoms with van der Waals surface area (Å²) in [6.45, 7) is 16.8. The van der Waals surface area contributed by atoms with Crippen LogP contribution in [-0.4, -0.2) is 5.78 Å². The molecule has 1 aliphatic rings. The molecule has 1 heteroatoms. The van der Waals surface area contributed by atoms with E-state index in [1.165, 1.54) is 11.1 Å². The molecule has 1 nitrogen and oxygen atoms in total. The van der Waals surface area contributed by atoms with E-state index in [9.17, 15) is 4.79 Å². The molecule has 0 aromatic heterocycles. The minimum atomic E-state index is -0.109. The van der Waals surface area contributed by atoms with Crippen LogP contribution in [0.1, 0.15) is 55.4 Å². The highest BCUT2D eigenvalue weighted by atomic mass is 16.1. The Morgan fingerprint density at radius 1 is 0.833 bits per heavy atom. The highest BCUT2D eigenvalue weighted by Crippen LogP contribution is 2.39. The summed E-state index contributed by atoms with van der Waals surface area (Å²) in [6.07, 6.45) is 4.12. The van der Waals surface area contributed by atoms with Crippen LogP contribution in [0.5, 0.6) is 0 Å². The SMILES string of the molecule is CC(C)=C1C=C(C(C)(C)C)C(=O)C(C(C)(C)C)=C1. The minimum absolute atomic E-state index is 0.109. The lowest BCUT2D eigenvalue weighted by Crippen LogP contribution is -2.28. The largest absolute Gasteiger partial charge is 0.289 e. The summed E-state index contributed by atoms with van der Waals surface area (Å²) >= 11 is 0. The summed E-state index contributed by atoms with van der Waals surface area (Å²) in [6, 6.07) is 0. The summed E-state index contributed by atoms with van der Waals surface area (Å²) < 4.78 is 0. The predicted molar refractivity (Wildman–Crippen MR) is 78.5 cm³/mol. The fraction of sp³-hybridized carbons (Fsp3) is 0.588. The molecule has 0 aromatic rings. The van der Waals surface area contributed by atoms with E-state index >= 15 is 0 Å². The van der Waals surface area contributed by atoms with Crippen LogP contribution in [0.15, 0.2) is 34.4 Å². The predicted octanol–water partition coefficient (Wildman–Crippen LogP) is 4.85. The molecule has 0 unspecified atom stereocenters. The summed E-state index contributed by atoms with van der Waals surface area (Å²) in [5, 5.41) is 0. The standard InChI is InChI=1S/C17H26O/c1-11(2)12-9-13(16(3,4)5)15(18)14(10-12)17(6,7)8/h9-10H,1-8H3. The van der Waals surface area contributed by atoms with Crippen LogP contribution in [0.4, 0.5) is 0 Å². The molecule has 0 fully saturated rings. The maximum absolute atomic E-state index is 12.6. The van der Waals surface area contributed by atoms with E-state index in [0.29, 0.717) is 0 Å². The van der Waals surface area contributed by atoms with E-state index in [1.54, 1.807) is 0 Å². The van der Waals surface area contributed by atoms with Crippen LogP contribution in [0.3, 0.4) is 0 Å². The van der Waals surface area contributed by atoms with Gasteiger partial charge in [0.15, 0.2) is 5.78 Å². The Bertz CT molecular complexity index is 417. The lowest BCUT2D eigenvalue weighted by atomic mass is 9.71. The number of rotatable bonds is 0. The zero-order valence-corrected chi connectivity index (χ0v) is 13.1. The van der Waals surface area contributed by atoms with Gasteiger partial charge in [-0.1, -0.05) is 47.1 Å². The van der Waals surface area contributed by atoms with Crippen molar-refractivity contribution in [3.05, 3.63) is 34.4 Å². The highest BCUT2D eigenvalue weighted by molar-refractivity contribution is 6.11. The first-order chi connectivity index (χ1) is 7.94. The molecule has 0 aliphatic heterocycles. The third kappa shape index (κ3) is 3.01. The lowest BCUT2D eigenvalue weighted by molar-refractivity contribution is -0.114. The van der Waals surface area contributed by atoms with Crippen molar-refractivity contribution in [2.45, 2.75) is 55.4 Å². The Labute approximate surface area is 112 Å². The second-order valence-electron chi connectivity index (χ2n) is 7.40. The van der Waals surface area contributed by atoms with Crippen molar-refractivity contribution in [3.8, 4) is 0 Å². The second kappa shape index (κ2) is 4.53. The van der Waals surface area contributed by atoms with Crippen LogP contribution in [0, 0.1) is 10.8 Å². The van der Waals surface area contributed by atoms with E-state index in [1.807, 2.05) is 0 Å². The third-order valence-corrected chi connectivity index (χ3v) is 3.28. The van der Waals surface area contributed by atoms with E-state index < -0.39 is 0 Å². The molecule has 0 bridgehead atoms. The lowest BCUT2D eigenvalue weighted by Gasteiger charge is -2.31. The molecule has 0 aromatic carbocycles. The van der Waals surface area contributed by atoms with Gasteiger partial charge in [-0.15, -0.1) is 0 Å². The van der Waals surface area contributed by atoms with Crippen molar-refractivity contribution in [2.75, 3.05) is 0 Å². The van der Waals surface area contributed by atoms with Gasteiger partial charge in [0.2, 0.25) is 0 Å². The van der Waals surface area contributed by atoms with Crippen molar-refractivity contribution in [1.82, 2.24) is 0 Å². The van der Waals surface area contributed by atoms with E-state index in [4.69, 9.17) is 0 Å². The first-order valence-electron chi connectivity index (χ1n) is 6.61. The average Bonchev–Trinajstić information content (AvgIpc) is 2.13. The summed E-state index contributed by atoms with van der Waals surface area (Å²) in [4.78, 5) is 12.6. The molecule has 18 heavy (non-hydrogen) atoms. The number of hydrogen-bond donors (Lipinski definition) is 0. The number of allylic oxidation sites excluding steroid dienone is 6. The normalized spacial score (nSPS) is 17.6. The Morgan fingerprint density at radius 2 is 1.17 bits per heavy atom. The van der Waals surface area contributed by atoms with Gasteiger partial charge in [-0.05, 0) is 42.4 Å². The van der Waals surface area contributed by atoms with Crippen molar-refractivity contribution in [1.29, 1.82) is 0 Å². The van der Waals surface area contributed by atoms with Gasteiger partial charge in [0.1, 0.15) is 0 Å². The number of carbonyl (C=O) groups is 1. The Hall–Kier alpha value is -1.11. The molecule has 0 heterocycles. The third-order valence-electron chi connectivity index (χ3n) is 3.28. The molecule has 0 radical (unpaired) electrons. The number of hydrogen-bond acceptors (Lipinski definition) is 1. The first kappa shape index (κ1) is 14.9. The fourth-order valence-corrected chi connectivity index (χ4v) is 2.03. The molecule has 0 saturated carbocycles. The van der Waals surface area contributed by atoms with E-state index in [-0.39, 0.29) is 16.6 Å². The maximum atomic E-state index is 12.6. The summed E-state index contributed by atoms with van der Waals surface area (Å²) in [5.74, 6) is 0.208. The van der Waals surface area contributed by atoms with E-state index in [2.05, 4.69) is 67.5 Å². The van der Waals surface area contributed by atoms with Crippen LogP contribution < -0.4 is 0 Å². The topological polar surface area (TPSA) is 17.1 Å². The van der Waals surface area contributed by atoms with Crippen LogP contribution in [-0.2, 0) is 4.79 Å². The number of ketones is 1. The van der Waals surface area contributed by atoms with Gasteiger partial charge in [0.05, 0.1) is 0 Å². The summed E-state index contributed by atoms with van der Waals surface area (Å²) in [7, 11) is 0. The van der Waals surface area contributed by atoms with Gasteiger partial charge in [0, 0.05) is 11.1 Å². The van der Waals surface area contributed by atoms with Crippen molar-refractivity contribution in [2.24, 2.45) is 10.8 Å². The van der Waals surface area contributed by atoms with Crippen molar-refractivity contribution >= 4 is 5.78 Å². The van der Waals surface area contributed by atoms with Crippen molar-refractivity contribution < 1.29 is 4.79 Å². The molecule has 100 valence electrons. The highest BCUT2D eigenvalue weighted by Gasteiger charge is 2.33. The quantitative estimate of drug-likeness (QED) is 0.597. The van der Waals surface area contributed by atoms with Gasteiger partial charge < -0.3 is 0 Å². The average molecular weight is 246 g/mol. The number of carbonyl (C=O) groups excluding carboxylic acids is 1. The second-order valence-corrected chi connectivity index (χ2v) is 7.40. The first-order valence-corrected chi connectivity index (χ1v) is 6.61. The smallest absolute Gasteiger partial charge is 0.186 e. The van der Waals surface area contributed by atoms with E-state index in [0.717, 1.165) is 11.1 Å². The van der Waals surface area contributed by atoms with Gasteiger partial charge >= 0.3 is 0 Å². The monoisotopic (exact) mass is 246 g/mol. The zero-order chi connectivity index (χ0) is 14.3.